The van der Waals surface area contributed by atoms with Crippen LogP contribution in [-0.4, -0.2) is 46.7 Å². The number of aromatic hydroxyl groups is 1. The first kappa shape index (κ1) is 14.8. The van der Waals surface area contributed by atoms with E-state index in [1.165, 1.54) is 12.3 Å². The molecule has 2 rings (SSSR count). The Morgan fingerprint density at radius 2 is 2.15 bits per heavy atom. The van der Waals surface area contributed by atoms with Crippen molar-refractivity contribution < 1.29 is 14.6 Å². The highest BCUT2D eigenvalue weighted by Gasteiger charge is 2.60. The van der Waals surface area contributed by atoms with Gasteiger partial charge in [-0.3, -0.25) is 4.79 Å². The van der Waals surface area contributed by atoms with Gasteiger partial charge >= 0.3 is 0 Å². The lowest BCUT2D eigenvalue weighted by Crippen LogP contribution is -2.68. The van der Waals surface area contributed by atoms with Crippen molar-refractivity contribution >= 4 is 5.91 Å². The Labute approximate surface area is 119 Å². The third kappa shape index (κ3) is 1.97. The van der Waals surface area contributed by atoms with E-state index in [1.54, 1.807) is 25.1 Å². The van der Waals surface area contributed by atoms with Gasteiger partial charge in [-0.25, -0.2) is 4.98 Å². The molecule has 0 aromatic carbocycles. The molecular weight excluding hydrogens is 256 g/mol. The van der Waals surface area contributed by atoms with Gasteiger partial charge in [0.15, 0.2) is 5.69 Å². The van der Waals surface area contributed by atoms with Gasteiger partial charge in [0.25, 0.3) is 5.91 Å². The van der Waals surface area contributed by atoms with Gasteiger partial charge in [0.1, 0.15) is 5.75 Å². The summed E-state index contributed by atoms with van der Waals surface area (Å²) in [5.74, 6) is -0.352. The summed E-state index contributed by atoms with van der Waals surface area (Å²) in [5.41, 5.74) is -0.300. The Kier molecular flexibility index (Phi) is 3.50. The van der Waals surface area contributed by atoms with E-state index in [0.717, 1.165) is 6.42 Å². The first-order valence-electron chi connectivity index (χ1n) is 6.71. The zero-order chi connectivity index (χ0) is 15.1. The normalized spacial score (nSPS) is 27.8. The fraction of sp³-hybridized carbons (Fsp3) is 0.600. The summed E-state index contributed by atoms with van der Waals surface area (Å²) in [6.45, 7) is 6.24. The lowest BCUT2D eigenvalue weighted by Gasteiger charge is -2.61. The van der Waals surface area contributed by atoms with Crippen LogP contribution in [0.3, 0.4) is 0 Å². The average Bonchev–Trinajstić information content (AvgIpc) is 2.43. The highest BCUT2D eigenvalue weighted by molar-refractivity contribution is 5.95. The molecule has 1 aliphatic carbocycles. The van der Waals surface area contributed by atoms with Crippen molar-refractivity contribution in [3.05, 3.63) is 24.0 Å². The van der Waals surface area contributed by atoms with Crippen molar-refractivity contribution in [2.45, 2.75) is 38.8 Å². The second-order valence-corrected chi connectivity index (χ2v) is 6.16. The molecule has 2 atom stereocenters. The van der Waals surface area contributed by atoms with Crippen molar-refractivity contribution in [3.63, 3.8) is 0 Å². The average molecular weight is 278 g/mol. The number of hydrogen-bond acceptors (Lipinski definition) is 4. The smallest absolute Gasteiger partial charge is 0.276 e. The van der Waals surface area contributed by atoms with Crippen molar-refractivity contribution in [1.29, 1.82) is 0 Å². The Bertz CT molecular complexity index is 530. The molecule has 0 aliphatic heterocycles. The zero-order valence-electron chi connectivity index (χ0n) is 12.7. The number of carbonyl (C=O) groups is 1. The van der Waals surface area contributed by atoms with Crippen LogP contribution >= 0.6 is 0 Å². The molecule has 20 heavy (non-hydrogen) atoms. The zero-order valence-corrected chi connectivity index (χ0v) is 12.7. The molecule has 0 bridgehead atoms. The molecule has 1 amide bonds. The maximum atomic E-state index is 12.4. The number of aromatic nitrogens is 1. The largest absolute Gasteiger partial charge is 0.505 e. The number of amides is 1. The maximum Gasteiger partial charge on any atom is 0.276 e. The summed E-state index contributed by atoms with van der Waals surface area (Å²) in [7, 11) is 3.45. The number of hydrogen-bond donors (Lipinski definition) is 1. The van der Waals surface area contributed by atoms with E-state index in [4.69, 9.17) is 4.74 Å². The molecule has 110 valence electrons. The van der Waals surface area contributed by atoms with Gasteiger partial charge in [0, 0.05) is 31.8 Å². The molecule has 1 saturated carbocycles. The molecule has 0 unspecified atom stereocenters. The van der Waals surface area contributed by atoms with Gasteiger partial charge in [-0.15, -0.1) is 0 Å². The second-order valence-electron chi connectivity index (χ2n) is 6.16. The minimum Gasteiger partial charge on any atom is -0.505 e. The third-order valence-corrected chi connectivity index (χ3v) is 5.01. The van der Waals surface area contributed by atoms with Crippen LogP contribution in [0.15, 0.2) is 18.3 Å². The van der Waals surface area contributed by atoms with Gasteiger partial charge < -0.3 is 14.7 Å². The van der Waals surface area contributed by atoms with Crippen LogP contribution in [0, 0.1) is 5.41 Å². The Morgan fingerprint density at radius 3 is 2.65 bits per heavy atom. The molecule has 0 saturated heterocycles. The van der Waals surface area contributed by atoms with E-state index >= 15 is 0 Å². The standard InChI is InChI=1S/C15H22N2O3/c1-14(2)11(9-15(14,3)20-5)17(4)13(19)12-10(18)7-6-8-16-12/h6-8,11,18H,9H2,1-5H3/t11-,15-/m1/s1. The highest BCUT2D eigenvalue weighted by atomic mass is 16.5. The molecular formula is C15H22N2O3. The Balaban J connectivity index is 2.20. The van der Waals surface area contributed by atoms with Crippen molar-refractivity contribution in [3.8, 4) is 5.75 Å². The summed E-state index contributed by atoms with van der Waals surface area (Å²) in [5, 5.41) is 9.75. The van der Waals surface area contributed by atoms with E-state index in [0.29, 0.717) is 0 Å². The van der Waals surface area contributed by atoms with Crippen molar-refractivity contribution in [1.82, 2.24) is 9.88 Å². The number of methoxy groups -OCH3 is 1. The van der Waals surface area contributed by atoms with E-state index in [2.05, 4.69) is 25.8 Å². The first-order valence-corrected chi connectivity index (χ1v) is 6.71. The van der Waals surface area contributed by atoms with E-state index in [9.17, 15) is 9.90 Å². The van der Waals surface area contributed by atoms with Gasteiger partial charge in [-0.1, -0.05) is 13.8 Å². The topological polar surface area (TPSA) is 62.7 Å². The predicted octanol–water partition coefficient (Wildman–Crippen LogP) is 2.06. The summed E-state index contributed by atoms with van der Waals surface area (Å²) >= 11 is 0. The fourth-order valence-corrected chi connectivity index (χ4v) is 2.95. The lowest BCUT2D eigenvalue weighted by atomic mass is 9.55. The molecule has 1 aromatic heterocycles. The van der Waals surface area contributed by atoms with Crippen LogP contribution in [0.4, 0.5) is 0 Å². The van der Waals surface area contributed by atoms with Crippen molar-refractivity contribution in [2.75, 3.05) is 14.2 Å². The third-order valence-electron chi connectivity index (χ3n) is 5.01. The minimum atomic E-state index is -0.265. The molecule has 5 nitrogen and oxygen atoms in total. The molecule has 0 spiro atoms. The summed E-state index contributed by atoms with van der Waals surface area (Å²) in [6, 6.07) is 3.13. The number of pyridine rings is 1. The Morgan fingerprint density at radius 1 is 1.50 bits per heavy atom. The predicted molar refractivity (Wildman–Crippen MR) is 75.6 cm³/mol. The maximum absolute atomic E-state index is 12.4. The number of carbonyl (C=O) groups excluding carboxylic acids is 1. The van der Waals surface area contributed by atoms with E-state index < -0.39 is 0 Å². The van der Waals surface area contributed by atoms with Crippen LogP contribution in [-0.2, 0) is 4.74 Å². The van der Waals surface area contributed by atoms with Crippen molar-refractivity contribution in [2.24, 2.45) is 5.41 Å². The van der Waals surface area contributed by atoms with Gasteiger partial charge in [0.2, 0.25) is 0 Å². The Hall–Kier alpha value is -1.62. The molecule has 1 aliphatic rings. The summed E-state index contributed by atoms with van der Waals surface area (Å²) < 4.78 is 5.58. The van der Waals surface area contributed by atoms with Crippen LogP contribution in [0.5, 0.6) is 5.75 Å². The fourth-order valence-electron chi connectivity index (χ4n) is 2.95. The van der Waals surface area contributed by atoms with Crippen LogP contribution in [0.25, 0.3) is 0 Å². The second kappa shape index (κ2) is 4.74. The molecule has 0 radical (unpaired) electrons. The lowest BCUT2D eigenvalue weighted by molar-refractivity contribution is -0.198. The van der Waals surface area contributed by atoms with E-state index in [1.807, 2.05) is 0 Å². The number of ether oxygens (including phenoxy) is 1. The highest BCUT2D eigenvalue weighted by Crippen LogP contribution is 2.53. The minimum absolute atomic E-state index is 0.0568. The molecule has 1 heterocycles. The SMILES string of the molecule is CO[C@]1(C)C[C@@H](N(C)C(=O)c2ncccc2O)C1(C)C. The van der Waals surface area contributed by atoms with Crippen LogP contribution in [0.2, 0.25) is 0 Å². The molecule has 1 N–H and O–H groups in total. The first-order chi connectivity index (χ1) is 9.24. The number of rotatable bonds is 3. The van der Waals surface area contributed by atoms with E-state index in [-0.39, 0.29) is 34.4 Å². The molecule has 5 heteroatoms. The molecule has 1 aromatic rings. The number of nitrogens with zero attached hydrogens (tertiary/aromatic N) is 2. The van der Waals surface area contributed by atoms with Gasteiger partial charge in [-0.05, 0) is 25.5 Å². The summed E-state index contributed by atoms with van der Waals surface area (Å²) in [6.07, 6.45) is 2.28. The monoisotopic (exact) mass is 278 g/mol. The quantitative estimate of drug-likeness (QED) is 0.919. The van der Waals surface area contributed by atoms with Gasteiger partial charge in [-0.2, -0.15) is 0 Å². The molecule has 1 fully saturated rings. The van der Waals surface area contributed by atoms with Gasteiger partial charge in [0.05, 0.1) is 5.60 Å². The van der Waals surface area contributed by atoms with Crippen LogP contribution in [0.1, 0.15) is 37.7 Å². The van der Waals surface area contributed by atoms with Crippen LogP contribution < -0.4 is 0 Å². The summed E-state index contributed by atoms with van der Waals surface area (Å²) in [4.78, 5) is 18.1.